The normalized spacial score (nSPS) is 21.8. The third kappa shape index (κ3) is 2.78. The number of benzene rings is 1. The molecule has 108 valence electrons. The average molecular weight is 279 g/mol. The molecule has 1 aromatic rings. The fraction of sp³-hybridized carbons (Fsp3) is 0.462. The van der Waals surface area contributed by atoms with E-state index in [1.807, 2.05) is 0 Å². The van der Waals surface area contributed by atoms with Gasteiger partial charge in [0.15, 0.2) is 0 Å². The lowest BCUT2D eigenvalue weighted by molar-refractivity contribution is -0.385. The molecule has 1 aromatic carbocycles. The summed E-state index contributed by atoms with van der Waals surface area (Å²) in [4.78, 5) is 22.5. The number of carbonyl (C=O) groups is 1. The number of nitrogens with zero attached hydrogens (tertiary/aromatic N) is 1. The molecule has 20 heavy (non-hydrogen) atoms. The van der Waals surface area contributed by atoms with Crippen molar-refractivity contribution in [1.82, 2.24) is 0 Å². The highest BCUT2D eigenvalue weighted by Crippen LogP contribution is 2.26. The maximum Gasteiger partial charge on any atom is 0.272 e. The van der Waals surface area contributed by atoms with Gasteiger partial charge in [0.25, 0.3) is 5.69 Å². The summed E-state index contributed by atoms with van der Waals surface area (Å²) in [5.41, 5.74) is 7.54. The summed E-state index contributed by atoms with van der Waals surface area (Å²) in [5, 5.41) is 13.6. The number of amides is 1. The molecule has 7 heteroatoms. The van der Waals surface area contributed by atoms with Crippen LogP contribution in [-0.4, -0.2) is 30.1 Å². The van der Waals surface area contributed by atoms with E-state index in [9.17, 15) is 14.9 Å². The van der Waals surface area contributed by atoms with Gasteiger partial charge in [-0.3, -0.25) is 14.9 Å². The fourth-order valence-corrected chi connectivity index (χ4v) is 2.20. The molecule has 1 aliphatic rings. The van der Waals surface area contributed by atoms with Gasteiger partial charge in [0.2, 0.25) is 5.91 Å². The summed E-state index contributed by atoms with van der Waals surface area (Å²) in [6.07, 6.45) is 0. The topological polar surface area (TPSA) is 107 Å². The Balaban J connectivity index is 2.19. The van der Waals surface area contributed by atoms with Crippen LogP contribution in [-0.2, 0) is 9.53 Å². The second-order valence-corrected chi connectivity index (χ2v) is 5.01. The number of nitrogens with one attached hydrogen (secondary N) is 1. The van der Waals surface area contributed by atoms with Crippen molar-refractivity contribution in [3.05, 3.63) is 33.4 Å². The Morgan fingerprint density at radius 3 is 2.65 bits per heavy atom. The van der Waals surface area contributed by atoms with Gasteiger partial charge in [-0.05, 0) is 25.5 Å². The highest BCUT2D eigenvalue weighted by molar-refractivity contribution is 5.94. The van der Waals surface area contributed by atoms with E-state index in [1.165, 1.54) is 6.07 Å². The summed E-state index contributed by atoms with van der Waals surface area (Å²) in [6, 6.07) is 2.75. The Hall–Kier alpha value is -1.99. The van der Waals surface area contributed by atoms with E-state index in [-0.39, 0.29) is 23.6 Å². The zero-order chi connectivity index (χ0) is 14.9. The number of hydrogen-bond donors (Lipinski definition) is 2. The molecule has 1 amide bonds. The van der Waals surface area contributed by atoms with Gasteiger partial charge in [-0.1, -0.05) is 0 Å². The molecule has 7 nitrogen and oxygen atoms in total. The van der Waals surface area contributed by atoms with Crippen LogP contribution in [0, 0.1) is 29.9 Å². The molecule has 1 aliphatic heterocycles. The van der Waals surface area contributed by atoms with Gasteiger partial charge in [0.05, 0.1) is 24.1 Å². The summed E-state index contributed by atoms with van der Waals surface area (Å²) in [6.45, 7) is 4.03. The number of nitro groups is 1. The minimum absolute atomic E-state index is 0.0430. The van der Waals surface area contributed by atoms with E-state index in [1.54, 1.807) is 19.9 Å². The third-order valence-electron chi connectivity index (χ3n) is 3.46. The van der Waals surface area contributed by atoms with Gasteiger partial charge in [-0.15, -0.1) is 0 Å². The number of rotatable bonds is 3. The van der Waals surface area contributed by atoms with Crippen LogP contribution in [0.25, 0.3) is 0 Å². The molecular weight excluding hydrogens is 262 g/mol. The first-order chi connectivity index (χ1) is 9.40. The van der Waals surface area contributed by atoms with Gasteiger partial charge in [0.1, 0.15) is 0 Å². The molecule has 0 spiro atoms. The number of aryl methyl sites for hydroxylation is 2. The van der Waals surface area contributed by atoms with E-state index in [0.29, 0.717) is 30.0 Å². The Labute approximate surface area is 116 Å². The van der Waals surface area contributed by atoms with Crippen molar-refractivity contribution in [1.29, 1.82) is 0 Å². The minimum atomic E-state index is -0.436. The van der Waals surface area contributed by atoms with Gasteiger partial charge in [-0.25, -0.2) is 0 Å². The number of nitrogens with two attached hydrogens (primary N) is 1. The molecule has 2 rings (SSSR count). The molecule has 1 heterocycles. The summed E-state index contributed by atoms with van der Waals surface area (Å²) >= 11 is 0. The van der Waals surface area contributed by atoms with E-state index >= 15 is 0 Å². The van der Waals surface area contributed by atoms with Crippen LogP contribution in [0.2, 0.25) is 0 Å². The van der Waals surface area contributed by atoms with Crippen LogP contribution >= 0.6 is 0 Å². The van der Waals surface area contributed by atoms with Crippen LogP contribution in [0.3, 0.4) is 0 Å². The lowest BCUT2D eigenvalue weighted by Gasteiger charge is -2.15. The summed E-state index contributed by atoms with van der Waals surface area (Å²) in [7, 11) is 0. The van der Waals surface area contributed by atoms with Crippen molar-refractivity contribution in [2.24, 2.45) is 11.7 Å². The molecule has 2 unspecified atom stereocenters. The SMILES string of the molecule is Cc1cc([N+](=O)[O-])c(C)cc1NC(=O)C1COCC1N. The average Bonchev–Trinajstić information content (AvgIpc) is 2.79. The van der Waals surface area contributed by atoms with Crippen molar-refractivity contribution in [2.75, 3.05) is 18.5 Å². The molecule has 0 aromatic heterocycles. The van der Waals surface area contributed by atoms with Crippen molar-refractivity contribution in [3.8, 4) is 0 Å². The van der Waals surface area contributed by atoms with Crippen LogP contribution in [0.1, 0.15) is 11.1 Å². The molecule has 3 N–H and O–H groups in total. The Morgan fingerprint density at radius 1 is 1.40 bits per heavy atom. The highest BCUT2D eigenvalue weighted by atomic mass is 16.6. The number of ether oxygens (including phenoxy) is 1. The molecular formula is C13H17N3O4. The second kappa shape index (κ2) is 5.56. The Morgan fingerprint density at radius 2 is 2.10 bits per heavy atom. The molecule has 0 aliphatic carbocycles. The van der Waals surface area contributed by atoms with Crippen LogP contribution in [0.15, 0.2) is 12.1 Å². The van der Waals surface area contributed by atoms with E-state index in [2.05, 4.69) is 5.32 Å². The van der Waals surface area contributed by atoms with E-state index in [4.69, 9.17) is 10.5 Å². The third-order valence-corrected chi connectivity index (χ3v) is 3.46. The largest absolute Gasteiger partial charge is 0.379 e. The van der Waals surface area contributed by atoms with Gasteiger partial charge in [0, 0.05) is 23.4 Å². The van der Waals surface area contributed by atoms with Crippen LogP contribution in [0.4, 0.5) is 11.4 Å². The van der Waals surface area contributed by atoms with Crippen LogP contribution < -0.4 is 11.1 Å². The smallest absolute Gasteiger partial charge is 0.272 e. The van der Waals surface area contributed by atoms with Crippen molar-refractivity contribution in [3.63, 3.8) is 0 Å². The standard InChI is InChI=1S/C13H17N3O4/c1-7-4-12(16(18)19)8(2)3-11(7)15-13(17)9-5-20-6-10(9)14/h3-4,9-10H,5-6,14H2,1-2H3,(H,15,17). The minimum Gasteiger partial charge on any atom is -0.379 e. The van der Waals surface area contributed by atoms with Crippen molar-refractivity contribution in [2.45, 2.75) is 19.9 Å². The van der Waals surface area contributed by atoms with E-state index in [0.717, 1.165) is 0 Å². The molecule has 0 radical (unpaired) electrons. The first kappa shape index (κ1) is 14.4. The van der Waals surface area contributed by atoms with E-state index < -0.39 is 4.92 Å². The summed E-state index contributed by atoms with van der Waals surface area (Å²) < 4.78 is 5.16. The zero-order valence-corrected chi connectivity index (χ0v) is 11.4. The van der Waals surface area contributed by atoms with Crippen molar-refractivity contribution >= 4 is 17.3 Å². The number of carbonyl (C=O) groups excluding carboxylic acids is 1. The van der Waals surface area contributed by atoms with Crippen LogP contribution in [0.5, 0.6) is 0 Å². The molecule has 0 bridgehead atoms. The zero-order valence-electron chi connectivity index (χ0n) is 11.4. The molecule has 1 fully saturated rings. The maximum atomic E-state index is 12.1. The fourth-order valence-electron chi connectivity index (χ4n) is 2.20. The summed E-state index contributed by atoms with van der Waals surface area (Å²) in [5.74, 6) is -0.601. The Kier molecular flexibility index (Phi) is 4.01. The van der Waals surface area contributed by atoms with Crippen molar-refractivity contribution < 1.29 is 14.5 Å². The number of hydrogen-bond acceptors (Lipinski definition) is 5. The highest BCUT2D eigenvalue weighted by Gasteiger charge is 2.31. The predicted octanol–water partition coefficient (Wildman–Crippen LogP) is 1.12. The first-order valence-electron chi connectivity index (χ1n) is 6.30. The second-order valence-electron chi connectivity index (χ2n) is 5.01. The molecule has 2 atom stereocenters. The van der Waals surface area contributed by atoms with Gasteiger partial charge in [-0.2, -0.15) is 0 Å². The first-order valence-corrected chi connectivity index (χ1v) is 6.30. The quantitative estimate of drug-likeness (QED) is 0.637. The van der Waals surface area contributed by atoms with Gasteiger partial charge >= 0.3 is 0 Å². The predicted molar refractivity (Wildman–Crippen MR) is 73.5 cm³/mol. The molecule has 0 saturated carbocycles. The lowest BCUT2D eigenvalue weighted by atomic mass is 10.0. The monoisotopic (exact) mass is 279 g/mol. The number of anilines is 1. The molecule has 1 saturated heterocycles. The lowest BCUT2D eigenvalue weighted by Crippen LogP contribution is -2.37. The maximum absolute atomic E-state index is 12.1. The number of nitro benzene ring substituents is 1. The van der Waals surface area contributed by atoms with Gasteiger partial charge < -0.3 is 15.8 Å². The Bertz CT molecular complexity index is 559.